The summed E-state index contributed by atoms with van der Waals surface area (Å²) in [6, 6.07) is 4.79. The molecule has 1 aliphatic carbocycles. The van der Waals surface area contributed by atoms with Crippen LogP contribution in [-0.2, 0) is 6.42 Å². The van der Waals surface area contributed by atoms with Crippen molar-refractivity contribution in [2.45, 2.75) is 45.1 Å². The second-order valence-corrected chi connectivity index (χ2v) is 5.70. The third kappa shape index (κ3) is 3.53. The number of benzene rings is 1. The molecule has 0 saturated heterocycles. The lowest BCUT2D eigenvalue weighted by Gasteiger charge is -2.36. The van der Waals surface area contributed by atoms with E-state index in [1.165, 1.54) is 37.8 Å². The van der Waals surface area contributed by atoms with Gasteiger partial charge in [-0.25, -0.2) is 8.78 Å². The van der Waals surface area contributed by atoms with Crippen LogP contribution in [0.25, 0.3) is 0 Å². The molecule has 19 heavy (non-hydrogen) atoms. The van der Waals surface area contributed by atoms with E-state index in [0.29, 0.717) is 12.0 Å². The van der Waals surface area contributed by atoms with E-state index >= 15 is 0 Å². The molecule has 1 nitrogen and oxygen atoms in total. The van der Waals surface area contributed by atoms with E-state index in [9.17, 15) is 8.78 Å². The van der Waals surface area contributed by atoms with Crippen molar-refractivity contribution in [1.82, 2.24) is 5.32 Å². The Balaban J connectivity index is 2.07. The molecule has 1 N–H and O–H groups in total. The maximum atomic E-state index is 13.3. The second kappa shape index (κ2) is 6.47. The summed E-state index contributed by atoms with van der Waals surface area (Å²) in [4.78, 5) is 0. The zero-order valence-corrected chi connectivity index (χ0v) is 11.8. The van der Waals surface area contributed by atoms with Crippen LogP contribution in [0.3, 0.4) is 0 Å². The van der Waals surface area contributed by atoms with Gasteiger partial charge in [-0.3, -0.25) is 0 Å². The van der Waals surface area contributed by atoms with Gasteiger partial charge in [0.1, 0.15) is 0 Å². The molecule has 1 aromatic rings. The lowest BCUT2D eigenvalue weighted by molar-refractivity contribution is 0.205. The minimum absolute atomic E-state index is 0.496. The van der Waals surface area contributed by atoms with Gasteiger partial charge in [-0.05, 0) is 62.3 Å². The van der Waals surface area contributed by atoms with Gasteiger partial charge >= 0.3 is 0 Å². The molecule has 106 valence electrons. The minimum Gasteiger partial charge on any atom is -0.317 e. The normalized spacial score (nSPS) is 27.5. The molecule has 0 aliphatic heterocycles. The molecule has 0 amide bonds. The molecule has 0 heterocycles. The lowest BCUT2D eigenvalue weighted by atomic mass is 9.74. The maximum Gasteiger partial charge on any atom is 0.159 e. The fourth-order valence-electron chi connectivity index (χ4n) is 3.31. The van der Waals surface area contributed by atoms with Crippen molar-refractivity contribution in [1.29, 1.82) is 0 Å². The molecule has 0 radical (unpaired) electrons. The fraction of sp³-hybridized carbons (Fsp3) is 0.625. The summed E-state index contributed by atoms with van der Waals surface area (Å²) >= 11 is 0. The van der Waals surface area contributed by atoms with Crippen molar-refractivity contribution in [2.75, 3.05) is 7.05 Å². The third-order valence-corrected chi connectivity index (χ3v) is 4.52. The zero-order valence-electron chi connectivity index (χ0n) is 11.8. The Morgan fingerprint density at radius 1 is 1.21 bits per heavy atom. The molecule has 1 saturated carbocycles. The van der Waals surface area contributed by atoms with Crippen molar-refractivity contribution in [2.24, 2.45) is 11.8 Å². The van der Waals surface area contributed by atoms with E-state index in [1.54, 1.807) is 6.07 Å². The van der Waals surface area contributed by atoms with Gasteiger partial charge in [0.2, 0.25) is 0 Å². The van der Waals surface area contributed by atoms with E-state index in [-0.39, 0.29) is 0 Å². The molecule has 1 aromatic carbocycles. The SMILES string of the molecule is CCC1CCC(NC)C(Cc2ccc(F)c(F)c2)C1. The van der Waals surface area contributed by atoms with Crippen LogP contribution >= 0.6 is 0 Å². The monoisotopic (exact) mass is 267 g/mol. The molecule has 3 atom stereocenters. The highest BCUT2D eigenvalue weighted by molar-refractivity contribution is 5.18. The molecule has 0 spiro atoms. The van der Waals surface area contributed by atoms with Crippen molar-refractivity contribution in [3.63, 3.8) is 0 Å². The van der Waals surface area contributed by atoms with Gasteiger partial charge in [-0.2, -0.15) is 0 Å². The highest BCUT2D eigenvalue weighted by atomic mass is 19.2. The van der Waals surface area contributed by atoms with Crippen molar-refractivity contribution < 1.29 is 8.78 Å². The standard InChI is InChI=1S/C16H23F2N/c1-3-11-5-7-16(19-2)13(8-11)9-12-4-6-14(17)15(18)10-12/h4,6,10-11,13,16,19H,3,5,7-9H2,1-2H3. The van der Waals surface area contributed by atoms with Crippen LogP contribution in [0.4, 0.5) is 8.78 Å². The predicted octanol–water partition coefficient (Wildman–Crippen LogP) is 3.92. The van der Waals surface area contributed by atoms with Crippen LogP contribution in [0.5, 0.6) is 0 Å². The maximum absolute atomic E-state index is 13.3. The highest BCUT2D eigenvalue weighted by Gasteiger charge is 2.28. The summed E-state index contributed by atoms with van der Waals surface area (Å²) in [7, 11) is 2.00. The molecular weight excluding hydrogens is 244 g/mol. The Morgan fingerprint density at radius 3 is 2.63 bits per heavy atom. The number of hydrogen-bond donors (Lipinski definition) is 1. The quantitative estimate of drug-likeness (QED) is 0.871. The Kier molecular flexibility index (Phi) is 4.92. The summed E-state index contributed by atoms with van der Waals surface area (Å²) in [6.45, 7) is 2.24. The number of halogens is 2. The molecule has 1 fully saturated rings. The first-order valence-corrected chi connectivity index (χ1v) is 7.25. The van der Waals surface area contributed by atoms with Gasteiger partial charge in [0.25, 0.3) is 0 Å². The first kappa shape index (κ1) is 14.4. The van der Waals surface area contributed by atoms with Crippen LogP contribution in [0, 0.1) is 23.5 Å². The predicted molar refractivity (Wildman–Crippen MR) is 74.0 cm³/mol. The van der Waals surface area contributed by atoms with E-state index in [0.717, 1.165) is 17.9 Å². The highest BCUT2D eigenvalue weighted by Crippen LogP contribution is 2.33. The van der Waals surface area contributed by atoms with Gasteiger partial charge in [0, 0.05) is 6.04 Å². The van der Waals surface area contributed by atoms with Crippen LogP contribution in [-0.4, -0.2) is 13.1 Å². The van der Waals surface area contributed by atoms with Crippen LogP contribution in [0.2, 0.25) is 0 Å². The van der Waals surface area contributed by atoms with Gasteiger partial charge in [0.05, 0.1) is 0 Å². The van der Waals surface area contributed by atoms with Gasteiger partial charge in [-0.15, -0.1) is 0 Å². The van der Waals surface area contributed by atoms with Crippen LogP contribution in [0.1, 0.15) is 38.2 Å². The second-order valence-electron chi connectivity index (χ2n) is 5.70. The van der Waals surface area contributed by atoms with E-state index < -0.39 is 11.6 Å². The Labute approximate surface area is 114 Å². The molecule has 3 heteroatoms. The number of nitrogens with one attached hydrogen (secondary N) is 1. The summed E-state index contributed by atoms with van der Waals surface area (Å²) in [6.07, 6.45) is 5.69. The molecular formula is C16H23F2N. The van der Waals surface area contributed by atoms with Crippen LogP contribution in [0.15, 0.2) is 18.2 Å². The Bertz CT molecular complexity index is 419. The zero-order chi connectivity index (χ0) is 13.8. The first-order chi connectivity index (χ1) is 9.13. The van der Waals surface area contributed by atoms with Crippen molar-refractivity contribution >= 4 is 0 Å². The minimum atomic E-state index is -0.760. The molecule has 1 aliphatic rings. The van der Waals surface area contributed by atoms with Gasteiger partial charge < -0.3 is 5.32 Å². The summed E-state index contributed by atoms with van der Waals surface area (Å²) in [5.74, 6) is -0.196. The Morgan fingerprint density at radius 2 is 2.00 bits per heavy atom. The van der Waals surface area contributed by atoms with E-state index in [1.807, 2.05) is 7.05 Å². The summed E-state index contributed by atoms with van der Waals surface area (Å²) in [5.41, 5.74) is 0.904. The summed E-state index contributed by atoms with van der Waals surface area (Å²) < 4.78 is 26.2. The van der Waals surface area contributed by atoms with E-state index in [2.05, 4.69) is 12.2 Å². The molecule has 0 aromatic heterocycles. The number of rotatable bonds is 4. The first-order valence-electron chi connectivity index (χ1n) is 7.25. The average Bonchev–Trinajstić information content (AvgIpc) is 2.43. The van der Waals surface area contributed by atoms with Crippen molar-refractivity contribution in [3.8, 4) is 0 Å². The molecule has 3 unspecified atom stereocenters. The third-order valence-electron chi connectivity index (χ3n) is 4.52. The summed E-state index contributed by atoms with van der Waals surface area (Å²) in [5, 5.41) is 3.38. The smallest absolute Gasteiger partial charge is 0.159 e. The molecule has 2 rings (SSSR count). The number of hydrogen-bond acceptors (Lipinski definition) is 1. The Hall–Kier alpha value is -0.960. The van der Waals surface area contributed by atoms with Gasteiger partial charge in [0.15, 0.2) is 11.6 Å². The fourth-order valence-corrected chi connectivity index (χ4v) is 3.31. The molecule has 0 bridgehead atoms. The largest absolute Gasteiger partial charge is 0.317 e. The average molecular weight is 267 g/mol. The van der Waals surface area contributed by atoms with Crippen LogP contribution < -0.4 is 5.32 Å². The van der Waals surface area contributed by atoms with Crippen molar-refractivity contribution in [3.05, 3.63) is 35.4 Å². The lowest BCUT2D eigenvalue weighted by Crippen LogP contribution is -2.39. The topological polar surface area (TPSA) is 12.0 Å². The van der Waals surface area contributed by atoms with E-state index in [4.69, 9.17) is 0 Å². The van der Waals surface area contributed by atoms with Gasteiger partial charge in [-0.1, -0.05) is 19.4 Å².